The highest BCUT2D eigenvalue weighted by atomic mass is 32.2. The fourth-order valence-corrected chi connectivity index (χ4v) is 9.61. The van der Waals surface area contributed by atoms with Crippen molar-refractivity contribution < 1.29 is 13.2 Å². The fraction of sp³-hybridized carbons (Fsp3) is 0.0400. The first-order valence-electron chi connectivity index (χ1n) is 9.68. The molecule has 3 nitrogen and oxygen atoms in total. The third-order valence-electron chi connectivity index (χ3n) is 5.06. The average molecular weight is 464 g/mol. The van der Waals surface area contributed by atoms with Crippen molar-refractivity contribution in [1.29, 1.82) is 0 Å². The number of benzene rings is 4. The van der Waals surface area contributed by atoms with Crippen LogP contribution in [0.25, 0.3) is 0 Å². The van der Waals surface area contributed by atoms with Crippen molar-refractivity contribution in [2.75, 3.05) is 7.11 Å². The minimum Gasteiger partial charge on any atom is -0.497 e. The molecule has 0 fully saturated rings. The molecule has 1 aliphatic rings. The molecule has 1 heterocycles. The summed E-state index contributed by atoms with van der Waals surface area (Å²) in [6.45, 7) is 0. The van der Waals surface area contributed by atoms with Gasteiger partial charge in [0.25, 0.3) is 0 Å². The quantitative estimate of drug-likeness (QED) is 0.303. The van der Waals surface area contributed by atoms with Crippen molar-refractivity contribution in [3.05, 3.63) is 97.1 Å². The minimum atomic E-state index is -3.56. The van der Waals surface area contributed by atoms with Gasteiger partial charge in [-0.2, -0.15) is 0 Å². The van der Waals surface area contributed by atoms with Gasteiger partial charge in [0.1, 0.15) is 26.4 Å². The molecule has 0 bridgehead atoms. The lowest BCUT2D eigenvalue weighted by atomic mass is 10.3. The zero-order valence-electron chi connectivity index (χ0n) is 16.7. The standard InChI is InChI=1S/C25H19O3S3/c1-28-18-15-16-20(29-19-9-3-2-4-10-19)23(17-18)30-21-11-5-7-13-24(21)31(26,27)25-14-8-6-12-22(25)30/h2-17H,1H3/q+1. The van der Waals surface area contributed by atoms with Crippen LogP contribution in [0, 0.1) is 0 Å². The van der Waals surface area contributed by atoms with E-state index in [2.05, 4.69) is 18.2 Å². The monoisotopic (exact) mass is 463 g/mol. The predicted molar refractivity (Wildman–Crippen MR) is 124 cm³/mol. The SMILES string of the molecule is COc1ccc(Sc2ccccc2)c([S+]2c3ccccc3S(=O)(=O)c3ccccc32)c1. The average Bonchev–Trinajstić information content (AvgIpc) is 2.81. The summed E-state index contributed by atoms with van der Waals surface area (Å²) in [6.07, 6.45) is 0. The lowest BCUT2D eigenvalue weighted by molar-refractivity contribution is 0.413. The van der Waals surface area contributed by atoms with Gasteiger partial charge in [-0.25, -0.2) is 8.42 Å². The summed E-state index contributed by atoms with van der Waals surface area (Å²) in [5.41, 5.74) is 0. The number of methoxy groups -OCH3 is 1. The first-order valence-corrected chi connectivity index (χ1v) is 13.2. The number of fused-ring (bicyclic) bond motifs is 2. The molecule has 6 heteroatoms. The Balaban J connectivity index is 1.77. The Hall–Kier alpha value is -2.67. The van der Waals surface area contributed by atoms with E-state index in [-0.39, 0.29) is 0 Å². The van der Waals surface area contributed by atoms with Crippen molar-refractivity contribution >= 4 is 32.5 Å². The molecule has 0 N–H and O–H groups in total. The maximum Gasteiger partial charge on any atom is 0.216 e. The summed E-state index contributed by atoms with van der Waals surface area (Å²) in [5.74, 6) is 0.753. The molecule has 0 atom stereocenters. The van der Waals surface area contributed by atoms with Crippen molar-refractivity contribution in [3.8, 4) is 5.75 Å². The summed E-state index contributed by atoms with van der Waals surface area (Å²) < 4.78 is 32.2. The molecular weight excluding hydrogens is 444 g/mol. The first-order chi connectivity index (χ1) is 15.1. The van der Waals surface area contributed by atoms with Gasteiger partial charge in [-0.15, -0.1) is 0 Å². The zero-order chi connectivity index (χ0) is 21.4. The van der Waals surface area contributed by atoms with E-state index in [0.717, 1.165) is 30.2 Å². The maximum absolute atomic E-state index is 13.3. The Morgan fingerprint density at radius 1 is 0.710 bits per heavy atom. The van der Waals surface area contributed by atoms with Crippen molar-refractivity contribution in [3.63, 3.8) is 0 Å². The summed E-state index contributed by atoms with van der Waals surface area (Å²) in [4.78, 5) is 5.69. The summed E-state index contributed by atoms with van der Waals surface area (Å²) in [6, 6.07) is 30.9. The fourth-order valence-electron chi connectivity index (χ4n) is 3.63. The predicted octanol–water partition coefficient (Wildman–Crippen LogP) is 6.09. The molecule has 1 aliphatic heterocycles. The molecule has 0 saturated heterocycles. The van der Waals surface area contributed by atoms with Gasteiger partial charge < -0.3 is 4.74 Å². The van der Waals surface area contributed by atoms with Crippen LogP contribution in [0.3, 0.4) is 0 Å². The molecule has 0 spiro atoms. The van der Waals surface area contributed by atoms with Gasteiger partial charge in [-0.3, -0.25) is 0 Å². The van der Waals surface area contributed by atoms with E-state index in [4.69, 9.17) is 4.74 Å². The second-order valence-electron chi connectivity index (χ2n) is 6.93. The lowest BCUT2D eigenvalue weighted by Crippen LogP contribution is -2.20. The minimum absolute atomic E-state index is 0.385. The van der Waals surface area contributed by atoms with E-state index in [0.29, 0.717) is 9.79 Å². The highest BCUT2D eigenvalue weighted by Gasteiger charge is 2.46. The molecule has 0 radical (unpaired) electrons. The Labute approximate surface area is 189 Å². The van der Waals surface area contributed by atoms with Gasteiger partial charge in [0.2, 0.25) is 9.84 Å². The van der Waals surface area contributed by atoms with E-state index in [9.17, 15) is 8.42 Å². The topological polar surface area (TPSA) is 43.4 Å². The molecule has 0 amide bonds. The van der Waals surface area contributed by atoms with Crippen LogP contribution in [0.15, 0.2) is 131 Å². The highest BCUT2D eigenvalue weighted by Crippen LogP contribution is 2.48. The lowest BCUT2D eigenvalue weighted by Gasteiger charge is -2.21. The van der Waals surface area contributed by atoms with Gasteiger partial charge >= 0.3 is 0 Å². The molecule has 0 saturated carbocycles. The molecule has 4 aromatic carbocycles. The Kier molecular flexibility index (Phi) is 5.30. The Morgan fingerprint density at radius 3 is 1.90 bits per heavy atom. The zero-order valence-corrected chi connectivity index (χ0v) is 19.1. The molecule has 5 rings (SSSR count). The molecule has 154 valence electrons. The Morgan fingerprint density at radius 2 is 1.29 bits per heavy atom. The van der Waals surface area contributed by atoms with Crippen LogP contribution in [0.5, 0.6) is 5.75 Å². The molecular formula is C25H19O3S3+. The summed E-state index contributed by atoms with van der Waals surface area (Å²) in [7, 11) is -2.49. The van der Waals surface area contributed by atoms with Crippen LogP contribution in [-0.4, -0.2) is 15.5 Å². The number of sulfone groups is 1. The normalized spacial score (nSPS) is 14.5. The first kappa shape index (κ1) is 20.2. The van der Waals surface area contributed by atoms with Gasteiger partial charge in [-0.05, 0) is 48.5 Å². The molecule has 0 aromatic heterocycles. The molecule has 0 unspecified atom stereocenters. The number of rotatable bonds is 4. The van der Waals surface area contributed by atoms with Crippen LogP contribution < -0.4 is 4.74 Å². The van der Waals surface area contributed by atoms with Crippen molar-refractivity contribution in [2.45, 2.75) is 34.3 Å². The molecule has 4 aromatic rings. The molecule has 0 aliphatic carbocycles. The van der Waals surface area contributed by atoms with E-state index < -0.39 is 20.7 Å². The van der Waals surface area contributed by atoms with E-state index >= 15 is 0 Å². The second-order valence-corrected chi connectivity index (χ2v) is 11.9. The number of ether oxygens (including phenoxy) is 1. The second kappa shape index (κ2) is 8.11. The maximum atomic E-state index is 13.3. The van der Waals surface area contributed by atoms with E-state index in [1.54, 1.807) is 43.1 Å². The van der Waals surface area contributed by atoms with Gasteiger partial charge in [0.15, 0.2) is 14.7 Å². The third kappa shape index (κ3) is 3.55. The van der Waals surface area contributed by atoms with Crippen LogP contribution in [-0.2, 0) is 20.7 Å². The van der Waals surface area contributed by atoms with E-state index in [1.807, 2.05) is 54.6 Å². The van der Waals surface area contributed by atoms with Crippen molar-refractivity contribution in [2.24, 2.45) is 0 Å². The van der Waals surface area contributed by atoms with E-state index in [1.165, 1.54) is 0 Å². The van der Waals surface area contributed by atoms with Crippen LogP contribution in [0.2, 0.25) is 0 Å². The largest absolute Gasteiger partial charge is 0.497 e. The van der Waals surface area contributed by atoms with Gasteiger partial charge in [-0.1, -0.05) is 54.2 Å². The highest BCUT2D eigenvalue weighted by molar-refractivity contribution is 8.02. The summed E-state index contributed by atoms with van der Waals surface area (Å²) >= 11 is 1.68. The number of hydrogen-bond donors (Lipinski definition) is 0. The molecule has 31 heavy (non-hydrogen) atoms. The van der Waals surface area contributed by atoms with Crippen LogP contribution in [0.4, 0.5) is 0 Å². The Bertz CT molecular complexity index is 1310. The third-order valence-corrected chi connectivity index (χ3v) is 10.8. The number of hydrogen-bond acceptors (Lipinski definition) is 4. The van der Waals surface area contributed by atoms with Crippen LogP contribution >= 0.6 is 11.8 Å². The summed E-state index contributed by atoms with van der Waals surface area (Å²) in [5, 5.41) is 0. The van der Waals surface area contributed by atoms with Crippen LogP contribution in [0.1, 0.15) is 0 Å². The van der Waals surface area contributed by atoms with Gasteiger partial charge in [0.05, 0.1) is 12.0 Å². The smallest absolute Gasteiger partial charge is 0.216 e. The van der Waals surface area contributed by atoms with Gasteiger partial charge in [0, 0.05) is 11.0 Å². The van der Waals surface area contributed by atoms with Crippen molar-refractivity contribution in [1.82, 2.24) is 0 Å².